The molecule has 0 radical (unpaired) electrons. The molecule has 0 saturated heterocycles. The van der Waals surface area contributed by atoms with E-state index < -0.39 is 0 Å². The SMILES string of the molecule is C=C(/C=C\C=N/C)[C@@H](Nc1cc(-c2ccc3ccn(C)c3c2)c2nccnc2c1)[C@H]1CC[C@H](NC(C)=O)CC1. The maximum Gasteiger partial charge on any atom is 0.217 e. The van der Waals surface area contributed by atoms with E-state index in [1.807, 2.05) is 12.2 Å². The Kier molecular flexibility index (Phi) is 7.87. The minimum atomic E-state index is 0.0297. The fourth-order valence-electron chi connectivity index (χ4n) is 5.74. The van der Waals surface area contributed by atoms with E-state index in [0.29, 0.717) is 5.92 Å². The molecule has 5 rings (SSSR count). The van der Waals surface area contributed by atoms with Gasteiger partial charge in [0.15, 0.2) is 0 Å². The number of nitrogens with zero attached hydrogens (tertiary/aromatic N) is 4. The summed E-state index contributed by atoms with van der Waals surface area (Å²) in [4.78, 5) is 25.0. The first-order chi connectivity index (χ1) is 18.9. The zero-order valence-corrected chi connectivity index (χ0v) is 22.9. The number of anilines is 1. The molecule has 1 aliphatic rings. The molecule has 1 saturated carbocycles. The van der Waals surface area contributed by atoms with Crippen molar-refractivity contribution in [1.29, 1.82) is 0 Å². The maximum atomic E-state index is 11.6. The molecule has 7 nitrogen and oxygen atoms in total. The van der Waals surface area contributed by atoms with Crippen molar-refractivity contribution in [2.75, 3.05) is 12.4 Å². The third kappa shape index (κ3) is 5.93. The van der Waals surface area contributed by atoms with Crippen LogP contribution in [0.5, 0.6) is 0 Å². The van der Waals surface area contributed by atoms with E-state index in [1.54, 1.807) is 32.6 Å². The van der Waals surface area contributed by atoms with E-state index in [1.165, 1.54) is 10.9 Å². The van der Waals surface area contributed by atoms with Crippen LogP contribution >= 0.6 is 0 Å². The summed E-state index contributed by atoms with van der Waals surface area (Å²) < 4.78 is 2.14. The fourth-order valence-corrected chi connectivity index (χ4v) is 5.74. The first-order valence-electron chi connectivity index (χ1n) is 13.5. The van der Waals surface area contributed by atoms with E-state index >= 15 is 0 Å². The Balaban J connectivity index is 1.50. The number of aromatic nitrogens is 3. The topological polar surface area (TPSA) is 84.2 Å². The number of allylic oxidation sites excluding steroid dienone is 1. The van der Waals surface area contributed by atoms with Crippen LogP contribution in [0.3, 0.4) is 0 Å². The first-order valence-corrected chi connectivity index (χ1v) is 13.5. The average Bonchev–Trinajstić information content (AvgIpc) is 3.31. The molecule has 2 aromatic heterocycles. The molecule has 200 valence electrons. The van der Waals surface area contributed by atoms with Crippen LogP contribution < -0.4 is 10.6 Å². The van der Waals surface area contributed by atoms with Crippen LogP contribution in [0.1, 0.15) is 32.6 Å². The van der Waals surface area contributed by atoms with Crippen LogP contribution in [0.15, 0.2) is 84.3 Å². The van der Waals surface area contributed by atoms with Crippen LogP contribution in [0, 0.1) is 5.92 Å². The lowest BCUT2D eigenvalue weighted by Crippen LogP contribution is -2.40. The molecule has 4 aromatic rings. The van der Waals surface area contributed by atoms with Crippen LogP contribution in [-0.4, -0.2) is 45.8 Å². The summed E-state index contributed by atoms with van der Waals surface area (Å²) in [5, 5.41) is 8.12. The van der Waals surface area contributed by atoms with Gasteiger partial charge >= 0.3 is 0 Å². The highest BCUT2D eigenvalue weighted by atomic mass is 16.1. The smallest absolute Gasteiger partial charge is 0.217 e. The second-order valence-corrected chi connectivity index (χ2v) is 10.4. The van der Waals surface area contributed by atoms with Gasteiger partial charge in [0.2, 0.25) is 5.91 Å². The van der Waals surface area contributed by atoms with E-state index in [2.05, 4.69) is 81.4 Å². The second kappa shape index (κ2) is 11.6. The molecule has 1 fully saturated rings. The molecule has 2 heterocycles. The molecule has 0 aliphatic heterocycles. The van der Waals surface area contributed by atoms with Crippen molar-refractivity contribution in [3.8, 4) is 11.1 Å². The number of carbonyl (C=O) groups is 1. The molecule has 1 amide bonds. The van der Waals surface area contributed by atoms with Gasteiger partial charge in [-0.15, -0.1) is 0 Å². The van der Waals surface area contributed by atoms with Gasteiger partial charge in [0, 0.05) is 68.6 Å². The molecule has 2 aromatic carbocycles. The molecule has 7 heteroatoms. The van der Waals surface area contributed by atoms with Gasteiger partial charge in [-0.3, -0.25) is 19.8 Å². The molecular formula is C32H36N6O. The van der Waals surface area contributed by atoms with Gasteiger partial charge in [-0.05, 0) is 78.5 Å². The quantitative estimate of drug-likeness (QED) is 0.218. The number of carbonyl (C=O) groups excluding carboxylic acids is 1. The number of aryl methyl sites for hydroxylation is 1. The van der Waals surface area contributed by atoms with Crippen LogP contribution in [0.4, 0.5) is 5.69 Å². The van der Waals surface area contributed by atoms with Crippen molar-refractivity contribution in [2.24, 2.45) is 18.0 Å². The lowest BCUT2D eigenvalue weighted by atomic mass is 9.79. The number of rotatable bonds is 8. The number of nitrogens with one attached hydrogen (secondary N) is 2. The molecule has 0 bridgehead atoms. The van der Waals surface area contributed by atoms with Crippen LogP contribution in [0.2, 0.25) is 0 Å². The molecule has 1 atom stereocenters. The summed E-state index contributed by atoms with van der Waals surface area (Å²) in [6.45, 7) is 6.03. The van der Waals surface area contributed by atoms with Crippen molar-refractivity contribution in [2.45, 2.75) is 44.7 Å². The molecule has 1 aliphatic carbocycles. The molecule has 0 spiro atoms. The largest absolute Gasteiger partial charge is 0.378 e. The van der Waals surface area contributed by atoms with E-state index in [4.69, 9.17) is 4.98 Å². The number of hydrogen-bond donors (Lipinski definition) is 2. The van der Waals surface area contributed by atoms with Gasteiger partial charge in [0.1, 0.15) is 0 Å². The summed E-state index contributed by atoms with van der Waals surface area (Å²) in [6, 6.07) is 13.2. The average molecular weight is 521 g/mol. The van der Waals surface area contributed by atoms with E-state index in [9.17, 15) is 4.79 Å². The lowest BCUT2D eigenvalue weighted by Gasteiger charge is -2.35. The highest BCUT2D eigenvalue weighted by molar-refractivity contribution is 5.97. The van der Waals surface area contributed by atoms with E-state index in [0.717, 1.165) is 59.1 Å². The summed E-state index contributed by atoms with van der Waals surface area (Å²) in [6.07, 6.45) is 15.2. The normalized spacial score (nSPS) is 18.6. The second-order valence-electron chi connectivity index (χ2n) is 10.4. The predicted molar refractivity (Wildman–Crippen MR) is 161 cm³/mol. The van der Waals surface area contributed by atoms with Gasteiger partial charge in [-0.2, -0.15) is 0 Å². The zero-order valence-electron chi connectivity index (χ0n) is 22.9. The molecular weight excluding hydrogens is 484 g/mol. The highest BCUT2D eigenvalue weighted by Gasteiger charge is 2.29. The first kappa shape index (κ1) is 26.4. The molecule has 0 unspecified atom stereocenters. The van der Waals surface area contributed by atoms with Crippen LogP contribution in [0.25, 0.3) is 33.1 Å². The molecule has 39 heavy (non-hydrogen) atoms. The van der Waals surface area contributed by atoms with Crippen molar-refractivity contribution in [3.63, 3.8) is 0 Å². The highest BCUT2D eigenvalue weighted by Crippen LogP contribution is 2.35. The number of benzene rings is 2. The Hall–Kier alpha value is -4.26. The Morgan fingerprint density at radius 2 is 1.92 bits per heavy atom. The summed E-state index contributed by atoms with van der Waals surface area (Å²) in [7, 11) is 3.83. The Morgan fingerprint density at radius 1 is 1.13 bits per heavy atom. The Labute approximate surface area is 229 Å². The third-order valence-corrected chi connectivity index (χ3v) is 7.69. The number of hydrogen-bond acceptors (Lipinski definition) is 5. The minimum absolute atomic E-state index is 0.0297. The summed E-state index contributed by atoms with van der Waals surface area (Å²) in [5.74, 6) is 0.420. The summed E-state index contributed by atoms with van der Waals surface area (Å²) in [5.41, 5.74) is 7.02. The number of aliphatic imine (C=N–C) groups is 1. The Bertz CT molecular complexity index is 1560. The standard InChI is InChI=1S/C32H36N6O/c1-21(6-5-14-33-3)31(24-9-11-26(12-10-24)36-22(2)39)37-27-19-28(32-29(20-27)34-15-16-35-32)25-8-7-23-13-17-38(4)30(23)18-25/h5-8,13-20,24,26,31,37H,1,9-12H2,2-4H3,(H,36,39)/b6-5-,33-14-/t24-,26-,31-/m1/s1. The van der Waals surface area contributed by atoms with Gasteiger partial charge in [-0.25, -0.2) is 0 Å². The van der Waals surface area contributed by atoms with Gasteiger partial charge in [0.25, 0.3) is 0 Å². The van der Waals surface area contributed by atoms with Crippen molar-refractivity contribution in [1.82, 2.24) is 19.9 Å². The predicted octanol–water partition coefficient (Wildman–Crippen LogP) is 6.08. The summed E-state index contributed by atoms with van der Waals surface area (Å²) >= 11 is 0. The monoisotopic (exact) mass is 520 g/mol. The van der Waals surface area contributed by atoms with Gasteiger partial charge in [0.05, 0.1) is 17.1 Å². The van der Waals surface area contributed by atoms with Gasteiger partial charge in [-0.1, -0.05) is 24.8 Å². The number of amides is 1. The van der Waals surface area contributed by atoms with Crippen molar-refractivity contribution >= 4 is 39.7 Å². The van der Waals surface area contributed by atoms with E-state index in [-0.39, 0.29) is 18.0 Å². The van der Waals surface area contributed by atoms with Gasteiger partial charge < -0.3 is 15.2 Å². The lowest BCUT2D eigenvalue weighted by molar-refractivity contribution is -0.119. The zero-order chi connectivity index (χ0) is 27.4. The maximum absolute atomic E-state index is 11.6. The van der Waals surface area contributed by atoms with Crippen molar-refractivity contribution in [3.05, 3.63) is 79.3 Å². The molecule has 2 N–H and O–H groups in total. The van der Waals surface area contributed by atoms with Crippen LogP contribution in [-0.2, 0) is 11.8 Å². The number of fused-ring (bicyclic) bond motifs is 2. The Morgan fingerprint density at radius 3 is 2.69 bits per heavy atom. The van der Waals surface area contributed by atoms with Crippen molar-refractivity contribution < 1.29 is 4.79 Å². The fraction of sp³-hybridized carbons (Fsp3) is 0.312. The third-order valence-electron chi connectivity index (χ3n) is 7.69. The minimum Gasteiger partial charge on any atom is -0.378 e.